The third-order valence-corrected chi connectivity index (χ3v) is 6.02. The van der Waals surface area contributed by atoms with Crippen LogP contribution in [0.3, 0.4) is 0 Å². The fraction of sp³-hybridized carbons (Fsp3) is 0.190. The number of imidazole rings is 1. The largest absolute Gasteiger partial charge is 0.454 e. The highest BCUT2D eigenvalue weighted by atomic mass is 16.6. The third-order valence-electron chi connectivity index (χ3n) is 6.02. The van der Waals surface area contributed by atoms with E-state index in [0.717, 1.165) is 0 Å². The first-order chi connectivity index (χ1) is 14.2. The Balaban J connectivity index is 1.75. The minimum Gasteiger partial charge on any atom is -0.454 e. The van der Waals surface area contributed by atoms with Gasteiger partial charge in [-0.2, -0.15) is 0 Å². The third kappa shape index (κ3) is 1.92. The number of aromatic amines is 1. The van der Waals surface area contributed by atoms with E-state index in [4.69, 9.17) is 10.5 Å². The second-order valence-corrected chi connectivity index (χ2v) is 7.49. The van der Waals surface area contributed by atoms with Gasteiger partial charge in [-0.3, -0.25) is 14.2 Å². The molecule has 5 rings (SSSR count). The van der Waals surface area contributed by atoms with Crippen molar-refractivity contribution in [1.29, 1.82) is 0 Å². The van der Waals surface area contributed by atoms with Gasteiger partial charge in [-0.15, -0.1) is 0 Å². The molecule has 30 heavy (non-hydrogen) atoms. The summed E-state index contributed by atoms with van der Waals surface area (Å²) in [6, 6.07) is 11.3. The Morgan fingerprint density at radius 1 is 1.17 bits per heavy atom. The summed E-state index contributed by atoms with van der Waals surface area (Å²) in [5.74, 6) is -3.26. The molecule has 0 bridgehead atoms. The molecular formula is C21H18N4O5. The fourth-order valence-electron chi connectivity index (χ4n) is 4.37. The van der Waals surface area contributed by atoms with Crippen molar-refractivity contribution in [2.75, 3.05) is 5.73 Å². The summed E-state index contributed by atoms with van der Waals surface area (Å²) in [5.41, 5.74) is 4.70. The normalized spacial score (nSPS) is 23.5. The van der Waals surface area contributed by atoms with Crippen molar-refractivity contribution < 1.29 is 19.4 Å². The molecule has 0 saturated carbocycles. The molecule has 9 nitrogen and oxygen atoms in total. The van der Waals surface area contributed by atoms with Gasteiger partial charge in [0, 0.05) is 29.6 Å². The van der Waals surface area contributed by atoms with Crippen LogP contribution in [-0.2, 0) is 18.4 Å². The molecule has 1 aliphatic carbocycles. The van der Waals surface area contributed by atoms with Gasteiger partial charge in [-0.25, -0.2) is 4.79 Å². The van der Waals surface area contributed by atoms with Gasteiger partial charge in [0.2, 0.25) is 11.3 Å². The molecule has 0 spiro atoms. The number of hydrogen-bond donors (Lipinski definition) is 4. The van der Waals surface area contributed by atoms with Crippen LogP contribution < -0.4 is 21.5 Å². The Bertz CT molecular complexity index is 1320. The first kappa shape index (κ1) is 18.2. The minimum atomic E-state index is -2.20. The number of amides is 1. The highest BCUT2D eigenvalue weighted by molar-refractivity contribution is 6.15. The molecule has 1 aliphatic heterocycles. The Morgan fingerprint density at radius 3 is 2.57 bits per heavy atom. The Kier molecular flexibility index (Phi) is 3.40. The summed E-state index contributed by atoms with van der Waals surface area (Å²) in [6.07, 6.45) is 0. The van der Waals surface area contributed by atoms with Crippen molar-refractivity contribution in [1.82, 2.24) is 14.9 Å². The van der Waals surface area contributed by atoms with Gasteiger partial charge in [0.15, 0.2) is 0 Å². The lowest BCUT2D eigenvalue weighted by atomic mass is 9.83. The van der Waals surface area contributed by atoms with Crippen molar-refractivity contribution in [3.05, 3.63) is 81.0 Å². The van der Waals surface area contributed by atoms with Crippen LogP contribution in [0, 0.1) is 6.92 Å². The number of aliphatic hydroxyl groups is 1. The molecule has 2 atom stereocenters. The lowest BCUT2D eigenvalue weighted by molar-refractivity contribution is -0.169. The van der Waals surface area contributed by atoms with Gasteiger partial charge >= 0.3 is 5.69 Å². The zero-order chi connectivity index (χ0) is 21.4. The monoisotopic (exact) mass is 406 g/mol. The second-order valence-electron chi connectivity index (χ2n) is 7.49. The number of Topliss-reactive ketones (excluding diaryl/α,β-unsaturated/α-hetero) is 1. The molecule has 0 radical (unpaired) electrons. The lowest BCUT2D eigenvalue weighted by Crippen LogP contribution is -2.60. The Morgan fingerprint density at radius 2 is 1.87 bits per heavy atom. The van der Waals surface area contributed by atoms with Crippen molar-refractivity contribution >= 4 is 17.4 Å². The molecule has 2 unspecified atom stereocenters. The number of nitrogens with one attached hydrogen (secondary N) is 2. The number of hydrogen-bond acceptors (Lipinski definition) is 6. The van der Waals surface area contributed by atoms with Crippen LogP contribution in [0.15, 0.2) is 47.3 Å². The number of rotatable bonds is 2. The molecular weight excluding hydrogens is 388 g/mol. The summed E-state index contributed by atoms with van der Waals surface area (Å²) in [6.45, 7) is 1.60. The number of carbonyl (C=O) groups excluding carboxylic acids is 2. The predicted octanol–water partition coefficient (Wildman–Crippen LogP) is 0.663. The predicted molar refractivity (Wildman–Crippen MR) is 106 cm³/mol. The number of fused-ring (bicyclic) bond motifs is 5. The first-order valence-corrected chi connectivity index (χ1v) is 9.25. The molecule has 2 aromatic carbocycles. The van der Waals surface area contributed by atoms with E-state index in [1.165, 1.54) is 11.6 Å². The van der Waals surface area contributed by atoms with Crippen LogP contribution in [0.25, 0.3) is 0 Å². The van der Waals surface area contributed by atoms with E-state index in [9.17, 15) is 19.5 Å². The average Bonchev–Trinajstić information content (AvgIpc) is 3.20. The first-order valence-electron chi connectivity index (χ1n) is 9.25. The van der Waals surface area contributed by atoms with E-state index in [2.05, 4.69) is 10.3 Å². The van der Waals surface area contributed by atoms with Crippen LogP contribution in [-0.4, -0.2) is 26.3 Å². The molecule has 9 heteroatoms. The lowest BCUT2D eigenvalue weighted by Gasteiger charge is -2.34. The standard InChI is InChI=1S/C21H18N4O5/c1-10-16(23-19(28)25(10)2)18(27)24-20-11-6-3-4-9-14(11)30-21(20,29)12-7-5-8-13(22)15(12)17(20)26/h3-9,29H,22H2,1-2H3,(H,23,28)(H,24,27). The molecule has 2 aliphatic rings. The van der Waals surface area contributed by atoms with Crippen LogP contribution in [0.5, 0.6) is 5.75 Å². The number of nitrogen functional groups attached to an aromatic ring is 1. The van der Waals surface area contributed by atoms with E-state index in [-0.39, 0.29) is 28.3 Å². The molecule has 0 fully saturated rings. The number of carbonyl (C=O) groups is 2. The van der Waals surface area contributed by atoms with Gasteiger partial charge in [0.1, 0.15) is 11.4 Å². The number of aromatic nitrogens is 2. The maximum atomic E-state index is 13.7. The number of anilines is 1. The number of para-hydroxylation sites is 1. The SMILES string of the molecule is Cc1c(C(=O)NC23C(=O)c4c(N)cccc4C2(O)Oc2ccccc23)[nH]c(=O)n1C. The molecule has 1 aromatic heterocycles. The van der Waals surface area contributed by atoms with E-state index < -0.39 is 28.7 Å². The zero-order valence-corrected chi connectivity index (χ0v) is 16.1. The van der Waals surface area contributed by atoms with Crippen LogP contribution in [0.2, 0.25) is 0 Å². The maximum absolute atomic E-state index is 13.7. The van der Waals surface area contributed by atoms with Crippen LogP contribution in [0.4, 0.5) is 5.69 Å². The summed E-state index contributed by atoms with van der Waals surface area (Å²) >= 11 is 0. The minimum absolute atomic E-state index is 0.0136. The number of benzene rings is 2. The van der Waals surface area contributed by atoms with Crippen LogP contribution in [0.1, 0.15) is 37.7 Å². The maximum Gasteiger partial charge on any atom is 0.326 e. The highest BCUT2D eigenvalue weighted by Crippen LogP contribution is 2.58. The quantitative estimate of drug-likeness (QED) is 0.461. The Hall–Kier alpha value is -3.85. The van der Waals surface area contributed by atoms with Gasteiger partial charge < -0.3 is 25.9 Å². The smallest absolute Gasteiger partial charge is 0.326 e. The van der Waals surface area contributed by atoms with Gasteiger partial charge in [-0.05, 0) is 19.1 Å². The average molecular weight is 406 g/mol. The molecule has 5 N–H and O–H groups in total. The van der Waals surface area contributed by atoms with Gasteiger partial charge in [0.05, 0.1) is 5.56 Å². The molecule has 1 amide bonds. The second kappa shape index (κ2) is 5.61. The topological polar surface area (TPSA) is 139 Å². The van der Waals surface area contributed by atoms with E-state index in [1.54, 1.807) is 49.4 Å². The summed E-state index contributed by atoms with van der Waals surface area (Å²) in [4.78, 5) is 41.3. The van der Waals surface area contributed by atoms with Gasteiger partial charge in [-0.1, -0.05) is 30.3 Å². The highest BCUT2D eigenvalue weighted by Gasteiger charge is 2.72. The number of H-pyrrole nitrogens is 1. The Labute approximate surface area is 170 Å². The van der Waals surface area contributed by atoms with Crippen LogP contribution >= 0.6 is 0 Å². The van der Waals surface area contributed by atoms with Gasteiger partial charge in [0.25, 0.3) is 11.7 Å². The molecule has 3 aromatic rings. The van der Waals surface area contributed by atoms with Crippen molar-refractivity contribution in [2.24, 2.45) is 7.05 Å². The van der Waals surface area contributed by atoms with Crippen molar-refractivity contribution in [2.45, 2.75) is 18.2 Å². The number of ether oxygens (including phenoxy) is 1. The fourth-order valence-corrected chi connectivity index (χ4v) is 4.37. The summed E-state index contributed by atoms with van der Waals surface area (Å²) in [5, 5.41) is 14.4. The summed E-state index contributed by atoms with van der Waals surface area (Å²) in [7, 11) is 1.52. The van der Waals surface area contributed by atoms with Crippen molar-refractivity contribution in [3.8, 4) is 5.75 Å². The van der Waals surface area contributed by atoms with E-state index in [1.807, 2.05) is 0 Å². The number of nitrogens with two attached hydrogens (primary N) is 1. The summed E-state index contributed by atoms with van der Waals surface area (Å²) < 4.78 is 7.14. The van der Waals surface area contributed by atoms with Crippen molar-refractivity contribution in [3.63, 3.8) is 0 Å². The number of nitrogens with zero attached hydrogens (tertiary/aromatic N) is 1. The zero-order valence-electron chi connectivity index (χ0n) is 16.1. The molecule has 152 valence electrons. The number of ketones is 1. The van der Waals surface area contributed by atoms with E-state index in [0.29, 0.717) is 11.3 Å². The molecule has 2 heterocycles. The molecule has 0 saturated heterocycles. The van der Waals surface area contributed by atoms with E-state index >= 15 is 0 Å².